The minimum absolute atomic E-state index is 0.0216. The minimum atomic E-state index is -0.951. The summed E-state index contributed by atoms with van der Waals surface area (Å²) in [4.78, 5) is 69.9. The predicted molar refractivity (Wildman–Crippen MR) is 207 cm³/mol. The van der Waals surface area contributed by atoms with Gasteiger partial charge in [-0.1, -0.05) is 37.0 Å². The highest BCUT2D eigenvalue weighted by Gasteiger charge is 2.43. The fraction of sp³-hybridized carbons (Fsp3) is 0.550. The predicted octanol–water partition coefficient (Wildman–Crippen LogP) is 5.89. The van der Waals surface area contributed by atoms with Gasteiger partial charge in [0.2, 0.25) is 29.5 Å². The quantitative estimate of drug-likeness (QED) is 0.211. The summed E-state index contributed by atoms with van der Waals surface area (Å²) in [6.45, 7) is 6.43. The Morgan fingerprint density at radius 2 is 1.18 bits per heavy atom. The molecule has 0 spiro atoms. The van der Waals surface area contributed by atoms with E-state index in [1.54, 1.807) is 24.8 Å². The fourth-order valence-electron chi connectivity index (χ4n) is 7.39. The summed E-state index contributed by atoms with van der Waals surface area (Å²) in [5, 5.41) is 16.2. The molecule has 0 saturated carbocycles. The lowest BCUT2D eigenvalue weighted by Crippen LogP contribution is -2.39. The van der Waals surface area contributed by atoms with Crippen LogP contribution in [0, 0.1) is 22.5 Å². The molecule has 312 valence electrons. The van der Waals surface area contributed by atoms with Crippen molar-refractivity contribution in [2.45, 2.75) is 89.9 Å². The van der Waals surface area contributed by atoms with E-state index in [1.807, 2.05) is 6.07 Å². The molecule has 4 fully saturated rings. The van der Waals surface area contributed by atoms with Crippen molar-refractivity contribution >= 4 is 58.7 Å². The number of ether oxygens (including phenoxy) is 2. The third kappa shape index (κ3) is 11.9. The molecule has 4 heterocycles. The summed E-state index contributed by atoms with van der Waals surface area (Å²) in [6.07, 6.45) is 4.42. The van der Waals surface area contributed by atoms with Crippen molar-refractivity contribution in [2.24, 2.45) is 10.8 Å². The van der Waals surface area contributed by atoms with Crippen LogP contribution in [0.15, 0.2) is 24.3 Å². The average Bonchev–Trinajstić information content (AvgIpc) is 3.61. The van der Waals surface area contributed by atoms with Crippen LogP contribution >= 0.6 is 23.2 Å². The summed E-state index contributed by atoms with van der Waals surface area (Å²) in [7, 11) is 2.96. The lowest BCUT2D eigenvalue weighted by atomic mass is 9.83. The Morgan fingerprint density at radius 1 is 0.754 bits per heavy atom. The van der Waals surface area contributed by atoms with Gasteiger partial charge in [-0.05, 0) is 98.8 Å². The highest BCUT2D eigenvalue weighted by Crippen LogP contribution is 2.38. The molecule has 4 saturated heterocycles. The molecule has 13 nitrogen and oxygen atoms in total. The molecule has 2 aromatic rings. The molecule has 0 radical (unpaired) electrons. The van der Waals surface area contributed by atoms with Gasteiger partial charge in [-0.25, -0.2) is 8.78 Å². The van der Waals surface area contributed by atoms with Crippen LogP contribution in [0.1, 0.15) is 101 Å². The Hall–Kier alpha value is -4.34. The summed E-state index contributed by atoms with van der Waals surface area (Å²) >= 11 is 11.7. The van der Waals surface area contributed by atoms with E-state index in [2.05, 4.69) is 16.0 Å². The van der Waals surface area contributed by atoms with E-state index in [9.17, 15) is 37.5 Å². The maximum Gasteiger partial charge on any atom is 0.303 e. The van der Waals surface area contributed by atoms with Gasteiger partial charge >= 0.3 is 5.97 Å². The van der Waals surface area contributed by atoms with Crippen molar-refractivity contribution < 1.29 is 52.1 Å². The first-order chi connectivity index (χ1) is 26.9. The molecule has 6 rings (SSSR count). The molecule has 2 aromatic carbocycles. The second-order valence-corrected chi connectivity index (χ2v) is 16.1. The van der Waals surface area contributed by atoms with E-state index >= 15 is 0 Å². The first-order valence-corrected chi connectivity index (χ1v) is 19.6. The molecular formula is C40H50Cl2F2N4O9. The van der Waals surface area contributed by atoms with Gasteiger partial charge in [0, 0.05) is 38.8 Å². The van der Waals surface area contributed by atoms with E-state index in [0.29, 0.717) is 49.8 Å². The summed E-state index contributed by atoms with van der Waals surface area (Å²) < 4.78 is 37.8. The number of hydrogen-bond donors (Lipinski definition) is 4. The fourth-order valence-corrected chi connectivity index (χ4v) is 7.77. The number of carboxylic acids is 1. The summed E-state index contributed by atoms with van der Waals surface area (Å²) in [5.41, 5.74) is 0.178. The van der Waals surface area contributed by atoms with Crippen LogP contribution in [0.4, 0.5) is 8.78 Å². The molecule has 57 heavy (non-hydrogen) atoms. The standard InChI is InChI=1S/C20H24ClFN2O4.C12H15ClFNO.C8H11NO4/c1-20(11-16(25)23-19(20)27)6-3-17(26)24-7-4-12(5-8-24)13-9-14(22)18(21)15(10-13)28-2;1-16-11-7-9(6-10(14)12(11)13)8-2-4-15-5-3-8;1-8(3-2-6(11)12)4-5(10)9-7(8)13/h9-10,12H,3-8,11H2,1-2H3,(H,23,25,27);6-8,15H,2-5H2,1H3;2-4H2,1H3,(H,11,12)(H,9,10,13)/t20-;;8-/m0.0/s1. The van der Waals surface area contributed by atoms with Gasteiger partial charge in [-0.3, -0.25) is 39.4 Å². The summed E-state index contributed by atoms with van der Waals surface area (Å²) in [5.74, 6) is -1.88. The number of aliphatic carboxylic acids is 1. The number of piperidine rings is 2. The summed E-state index contributed by atoms with van der Waals surface area (Å²) in [6, 6.07) is 6.57. The minimum Gasteiger partial charge on any atom is -0.495 e. The Morgan fingerprint density at radius 3 is 1.56 bits per heavy atom. The number of carboxylic acid groups (broad SMARTS) is 1. The van der Waals surface area contributed by atoms with Gasteiger partial charge < -0.3 is 24.8 Å². The van der Waals surface area contributed by atoms with Crippen LogP contribution in [0.5, 0.6) is 11.5 Å². The zero-order valence-corrected chi connectivity index (χ0v) is 34.0. The lowest BCUT2D eigenvalue weighted by molar-refractivity contribution is -0.138. The number of amides is 5. The van der Waals surface area contributed by atoms with Gasteiger partial charge in [-0.15, -0.1) is 0 Å². The molecular weight excluding hydrogens is 789 g/mol. The van der Waals surface area contributed by atoms with Crippen molar-refractivity contribution in [3.8, 4) is 11.5 Å². The Bertz CT molecular complexity index is 1850. The van der Waals surface area contributed by atoms with Gasteiger partial charge in [-0.2, -0.15) is 0 Å². The first-order valence-electron chi connectivity index (χ1n) is 18.8. The molecule has 5 amide bonds. The Kier molecular flexibility index (Phi) is 15.8. The van der Waals surface area contributed by atoms with Crippen LogP contribution in [-0.2, 0) is 28.8 Å². The highest BCUT2D eigenvalue weighted by molar-refractivity contribution is 6.32. The third-order valence-electron chi connectivity index (χ3n) is 11.1. The van der Waals surface area contributed by atoms with Crippen LogP contribution in [-0.4, -0.2) is 85.9 Å². The normalized spacial score (nSPS) is 22.5. The van der Waals surface area contributed by atoms with Crippen LogP contribution in [0.25, 0.3) is 0 Å². The second-order valence-electron chi connectivity index (χ2n) is 15.3. The smallest absolute Gasteiger partial charge is 0.303 e. The molecule has 4 aliphatic heterocycles. The van der Waals surface area contributed by atoms with Gasteiger partial charge in [0.15, 0.2) is 0 Å². The second kappa shape index (κ2) is 19.9. The van der Waals surface area contributed by atoms with Crippen molar-refractivity contribution in [1.29, 1.82) is 0 Å². The van der Waals surface area contributed by atoms with Gasteiger partial charge in [0.05, 0.1) is 25.0 Å². The average molecular weight is 840 g/mol. The molecule has 0 aliphatic carbocycles. The SMILES string of the molecule is COc1cc(C2CCN(C(=O)CC[C@@]3(C)CC(=O)NC3=O)CC2)cc(F)c1Cl.COc1cc(C2CCNCC2)cc(F)c1Cl.C[C@]1(CCC(=O)O)CC(=O)NC1=O. The molecule has 0 aromatic heterocycles. The van der Waals surface area contributed by atoms with Gasteiger partial charge in [0.25, 0.3) is 0 Å². The molecule has 4 aliphatic rings. The van der Waals surface area contributed by atoms with Crippen molar-refractivity contribution in [3.63, 3.8) is 0 Å². The van der Waals surface area contributed by atoms with E-state index in [0.717, 1.165) is 37.1 Å². The number of benzene rings is 2. The number of likely N-dealkylation sites (tertiary alicyclic amines) is 1. The molecule has 0 unspecified atom stereocenters. The van der Waals surface area contributed by atoms with Crippen molar-refractivity contribution in [1.82, 2.24) is 20.9 Å². The van der Waals surface area contributed by atoms with E-state index < -0.39 is 28.4 Å². The van der Waals surface area contributed by atoms with Crippen molar-refractivity contribution in [3.05, 3.63) is 57.1 Å². The molecule has 17 heteroatoms. The van der Waals surface area contributed by atoms with Crippen molar-refractivity contribution in [2.75, 3.05) is 40.4 Å². The Labute approximate surface area is 340 Å². The number of rotatable bonds is 10. The molecule has 0 bridgehead atoms. The van der Waals surface area contributed by atoms with E-state index in [4.69, 9.17) is 37.8 Å². The number of methoxy groups -OCH3 is 2. The van der Waals surface area contributed by atoms with Crippen LogP contribution in [0.3, 0.4) is 0 Å². The maximum atomic E-state index is 14.0. The number of carbonyl (C=O) groups is 6. The zero-order chi connectivity index (χ0) is 42.1. The van der Waals surface area contributed by atoms with Crippen LogP contribution in [0.2, 0.25) is 10.0 Å². The monoisotopic (exact) mass is 838 g/mol. The molecule has 4 N–H and O–H groups in total. The van der Waals surface area contributed by atoms with Crippen LogP contribution < -0.4 is 25.4 Å². The highest BCUT2D eigenvalue weighted by atomic mass is 35.5. The van der Waals surface area contributed by atoms with Gasteiger partial charge in [0.1, 0.15) is 33.2 Å². The van der Waals surface area contributed by atoms with E-state index in [-0.39, 0.29) is 77.6 Å². The third-order valence-corrected chi connectivity index (χ3v) is 11.8. The first kappa shape index (κ1) is 45.4. The number of carbonyl (C=O) groups excluding carboxylic acids is 5. The topological polar surface area (TPSA) is 180 Å². The number of halogens is 4. The number of imide groups is 2. The largest absolute Gasteiger partial charge is 0.495 e. The number of nitrogens with one attached hydrogen (secondary N) is 3. The molecule has 2 atom stereocenters. The lowest BCUT2D eigenvalue weighted by Gasteiger charge is -2.33. The number of nitrogens with zero attached hydrogens (tertiary/aromatic N) is 1. The zero-order valence-electron chi connectivity index (χ0n) is 32.5. The Balaban J connectivity index is 0.000000209. The maximum absolute atomic E-state index is 14.0. The number of hydrogen-bond acceptors (Lipinski definition) is 9. The van der Waals surface area contributed by atoms with E-state index in [1.165, 1.54) is 26.4 Å².